The topological polar surface area (TPSA) is 107 Å². The van der Waals surface area contributed by atoms with E-state index in [1.807, 2.05) is 24.3 Å². The second-order valence-electron chi connectivity index (χ2n) is 4.27. The molecule has 7 heteroatoms. The smallest absolute Gasteiger partial charge is 0.151 e. The van der Waals surface area contributed by atoms with Crippen LogP contribution in [0.3, 0.4) is 0 Å². The van der Waals surface area contributed by atoms with Crippen molar-refractivity contribution in [2.45, 2.75) is 31.0 Å². The van der Waals surface area contributed by atoms with Crippen LogP contribution in [-0.4, -0.2) is 57.7 Å². The number of hydrogen-bond donors (Lipinski definition) is 4. The summed E-state index contributed by atoms with van der Waals surface area (Å²) >= 11 is 2.15. The summed E-state index contributed by atoms with van der Waals surface area (Å²) in [5, 5.41) is 37.2. The molecule has 112 valence electrons. The van der Waals surface area contributed by atoms with Crippen molar-refractivity contribution < 1.29 is 30.0 Å². The van der Waals surface area contributed by atoms with Crippen LogP contribution in [0, 0.1) is 3.57 Å². The summed E-state index contributed by atoms with van der Waals surface area (Å²) in [6, 6.07) is 7.37. The Hall–Kier alpha value is -0.580. The summed E-state index contributed by atoms with van der Waals surface area (Å²) in [6.45, 7) is -0.639. The Labute approximate surface area is 130 Å². The Kier molecular flexibility index (Phi) is 7.56. The van der Waals surface area contributed by atoms with Gasteiger partial charge in [-0.1, -0.05) is 12.1 Å². The van der Waals surface area contributed by atoms with E-state index in [9.17, 15) is 20.1 Å². The van der Waals surface area contributed by atoms with Gasteiger partial charge >= 0.3 is 0 Å². The Morgan fingerprint density at radius 1 is 1.15 bits per heavy atom. The highest BCUT2D eigenvalue weighted by Crippen LogP contribution is 2.12. The Morgan fingerprint density at radius 2 is 1.75 bits per heavy atom. The lowest BCUT2D eigenvalue weighted by Crippen LogP contribution is -2.47. The molecule has 0 aliphatic rings. The van der Waals surface area contributed by atoms with Gasteiger partial charge in [0.1, 0.15) is 24.4 Å². The minimum Gasteiger partial charge on any atom is -0.394 e. The zero-order valence-electron chi connectivity index (χ0n) is 10.6. The van der Waals surface area contributed by atoms with E-state index in [-0.39, 0.29) is 6.61 Å². The van der Waals surface area contributed by atoms with E-state index in [0.29, 0.717) is 6.29 Å². The predicted octanol–water partition coefficient (Wildman–Crippen LogP) is -0.550. The van der Waals surface area contributed by atoms with Gasteiger partial charge in [-0.3, -0.25) is 0 Å². The summed E-state index contributed by atoms with van der Waals surface area (Å²) in [5.41, 5.74) is 0.807. The number of carbonyl (C=O) groups is 1. The highest BCUT2D eigenvalue weighted by molar-refractivity contribution is 14.1. The van der Waals surface area contributed by atoms with Crippen LogP contribution in [0.25, 0.3) is 0 Å². The van der Waals surface area contributed by atoms with E-state index in [1.54, 1.807) is 0 Å². The second-order valence-corrected chi connectivity index (χ2v) is 5.51. The molecule has 0 aliphatic heterocycles. The summed E-state index contributed by atoms with van der Waals surface area (Å²) in [5.74, 6) is 0. The molecule has 0 spiro atoms. The summed E-state index contributed by atoms with van der Waals surface area (Å²) in [7, 11) is 0. The molecule has 0 saturated carbocycles. The van der Waals surface area contributed by atoms with Crippen molar-refractivity contribution in [3.63, 3.8) is 0 Å². The van der Waals surface area contributed by atoms with E-state index in [4.69, 9.17) is 9.84 Å². The molecular weight excluding hydrogens is 377 g/mol. The van der Waals surface area contributed by atoms with E-state index in [2.05, 4.69) is 22.6 Å². The van der Waals surface area contributed by atoms with Gasteiger partial charge in [-0.25, -0.2) is 0 Å². The molecule has 4 atom stereocenters. The number of ether oxygens (including phenoxy) is 1. The van der Waals surface area contributed by atoms with Gasteiger partial charge in [0.2, 0.25) is 0 Å². The van der Waals surface area contributed by atoms with Gasteiger partial charge in [0.15, 0.2) is 6.29 Å². The molecule has 6 nitrogen and oxygen atoms in total. The monoisotopic (exact) mass is 394 g/mol. The van der Waals surface area contributed by atoms with Gasteiger partial charge in [0.25, 0.3) is 0 Å². The van der Waals surface area contributed by atoms with Crippen LogP contribution < -0.4 is 0 Å². The van der Waals surface area contributed by atoms with Crippen LogP contribution in [-0.2, 0) is 16.1 Å². The van der Waals surface area contributed by atoms with Crippen LogP contribution >= 0.6 is 22.6 Å². The predicted molar refractivity (Wildman–Crippen MR) is 78.9 cm³/mol. The minimum absolute atomic E-state index is 0.0827. The van der Waals surface area contributed by atoms with Gasteiger partial charge in [-0.15, -0.1) is 0 Å². The van der Waals surface area contributed by atoms with Crippen molar-refractivity contribution in [2.24, 2.45) is 0 Å². The number of carbonyl (C=O) groups excluding carboxylic acids is 1. The van der Waals surface area contributed by atoms with Gasteiger partial charge in [-0.2, -0.15) is 0 Å². The normalized spacial score (nSPS) is 17.2. The molecule has 0 amide bonds. The van der Waals surface area contributed by atoms with Crippen molar-refractivity contribution in [3.05, 3.63) is 33.4 Å². The number of hydrogen-bond acceptors (Lipinski definition) is 6. The van der Waals surface area contributed by atoms with Gasteiger partial charge < -0.3 is 30.0 Å². The van der Waals surface area contributed by atoms with E-state index >= 15 is 0 Å². The largest absolute Gasteiger partial charge is 0.394 e. The van der Waals surface area contributed by atoms with Crippen molar-refractivity contribution in [2.75, 3.05) is 6.61 Å². The standard InChI is InChI=1S/C13H17IO6/c14-9-3-1-8(2-4-9)7-20-11(6-16)13(19)12(18)10(17)5-15/h1-4,6,10-13,15,17-19H,5,7H2/t10-,11+,12-,13-/m1/s1/i14-2. The molecule has 4 N–H and O–H groups in total. The number of rotatable bonds is 8. The second kappa shape index (κ2) is 8.65. The number of halogens is 1. The lowest BCUT2D eigenvalue weighted by atomic mass is 10.0. The van der Waals surface area contributed by atoms with E-state index < -0.39 is 31.0 Å². The van der Waals surface area contributed by atoms with Crippen molar-refractivity contribution >= 4 is 28.9 Å². The SMILES string of the molecule is O=C[C@H](OCc1ccc([125I])cc1)[C@@H](O)[C@H](O)[C@H](O)CO. The number of benzene rings is 1. The fourth-order valence-corrected chi connectivity index (χ4v) is 1.88. The maximum Gasteiger partial charge on any atom is 0.151 e. The van der Waals surface area contributed by atoms with Crippen LogP contribution in [0.5, 0.6) is 0 Å². The molecule has 0 bridgehead atoms. The molecule has 20 heavy (non-hydrogen) atoms. The molecule has 0 saturated heterocycles. The molecule has 0 aromatic heterocycles. The highest BCUT2D eigenvalue weighted by atomic mass is 125. The summed E-state index contributed by atoms with van der Waals surface area (Å²) < 4.78 is 6.28. The first-order valence-electron chi connectivity index (χ1n) is 5.96. The average molecular weight is 394 g/mol. The maximum atomic E-state index is 10.9. The van der Waals surface area contributed by atoms with Gasteiger partial charge in [0.05, 0.1) is 13.2 Å². The average Bonchev–Trinajstić information content (AvgIpc) is 2.47. The van der Waals surface area contributed by atoms with Gasteiger partial charge in [0, 0.05) is 3.57 Å². The first-order valence-corrected chi connectivity index (χ1v) is 7.04. The van der Waals surface area contributed by atoms with Crippen molar-refractivity contribution in [1.29, 1.82) is 0 Å². The number of aliphatic hydroxyl groups excluding tert-OH is 4. The molecule has 1 rings (SSSR count). The Bertz CT molecular complexity index is 410. The van der Waals surface area contributed by atoms with Gasteiger partial charge in [-0.05, 0) is 40.3 Å². The minimum atomic E-state index is -1.66. The van der Waals surface area contributed by atoms with Crippen LogP contribution in [0.1, 0.15) is 5.56 Å². The van der Waals surface area contributed by atoms with Crippen LogP contribution in [0.4, 0.5) is 0 Å². The van der Waals surface area contributed by atoms with Crippen molar-refractivity contribution in [3.8, 4) is 0 Å². The fourth-order valence-electron chi connectivity index (χ4n) is 1.52. The molecule has 1 aromatic carbocycles. The third-order valence-corrected chi connectivity index (χ3v) is 3.48. The third-order valence-electron chi connectivity index (χ3n) is 2.76. The van der Waals surface area contributed by atoms with E-state index in [0.717, 1.165) is 9.13 Å². The fraction of sp³-hybridized carbons (Fsp3) is 0.462. The molecule has 1 aromatic rings. The van der Waals surface area contributed by atoms with Crippen LogP contribution in [0.2, 0.25) is 0 Å². The lowest BCUT2D eigenvalue weighted by molar-refractivity contribution is -0.147. The summed E-state index contributed by atoms with van der Waals surface area (Å²) in [4.78, 5) is 10.9. The first kappa shape index (κ1) is 17.5. The van der Waals surface area contributed by atoms with Crippen molar-refractivity contribution in [1.82, 2.24) is 0 Å². The molecule has 0 fully saturated rings. The highest BCUT2D eigenvalue weighted by Gasteiger charge is 2.31. The van der Waals surface area contributed by atoms with E-state index in [1.165, 1.54) is 0 Å². The zero-order chi connectivity index (χ0) is 15.1. The number of aliphatic hydroxyl groups is 4. The van der Waals surface area contributed by atoms with Crippen LogP contribution in [0.15, 0.2) is 24.3 Å². The lowest BCUT2D eigenvalue weighted by Gasteiger charge is -2.25. The molecule has 0 aliphatic carbocycles. The third kappa shape index (κ3) is 5.08. The molecule has 0 radical (unpaired) electrons. The number of aldehydes is 1. The Balaban J connectivity index is 2.58. The molecule has 0 unspecified atom stereocenters. The zero-order valence-corrected chi connectivity index (χ0v) is 12.8. The Morgan fingerprint density at radius 3 is 2.25 bits per heavy atom. The molecule has 0 heterocycles. The summed E-state index contributed by atoms with van der Waals surface area (Å²) in [6.07, 6.45) is -5.74. The molecular formula is C13H17IO6. The first-order chi connectivity index (χ1) is 9.49. The maximum absolute atomic E-state index is 10.9. The quantitative estimate of drug-likeness (QED) is 0.348.